The molecule has 0 saturated carbocycles. The third-order valence-electron chi connectivity index (χ3n) is 4.12. The Bertz CT molecular complexity index is 541. The number of amides is 2. The van der Waals surface area contributed by atoms with Crippen LogP contribution in [0.4, 0.5) is 0 Å². The Labute approximate surface area is 120 Å². The van der Waals surface area contributed by atoms with Gasteiger partial charge in [-0.3, -0.25) is 9.59 Å². The van der Waals surface area contributed by atoms with Crippen LogP contribution in [0.15, 0.2) is 24.3 Å². The highest BCUT2D eigenvalue weighted by molar-refractivity contribution is 5.99. The lowest BCUT2D eigenvalue weighted by Crippen LogP contribution is -2.68. The van der Waals surface area contributed by atoms with Crippen molar-refractivity contribution in [3.8, 4) is 0 Å². The van der Waals surface area contributed by atoms with Crippen molar-refractivity contribution in [1.29, 1.82) is 0 Å². The average Bonchev–Trinajstić information content (AvgIpc) is 2.41. The molecule has 1 saturated heterocycles. The predicted molar refractivity (Wildman–Crippen MR) is 78.0 cm³/mol. The number of benzene rings is 1. The number of piperazine rings is 1. The third-order valence-corrected chi connectivity index (χ3v) is 4.12. The van der Waals surface area contributed by atoms with E-state index in [0.29, 0.717) is 13.0 Å². The van der Waals surface area contributed by atoms with Gasteiger partial charge >= 0.3 is 0 Å². The topological polar surface area (TPSA) is 49.4 Å². The molecule has 1 N–H and O–H groups in total. The predicted octanol–water partition coefficient (Wildman–Crippen LogP) is 2.01. The van der Waals surface area contributed by atoms with E-state index in [4.69, 9.17) is 0 Å². The molecule has 1 aliphatic rings. The van der Waals surface area contributed by atoms with Crippen LogP contribution >= 0.6 is 0 Å². The van der Waals surface area contributed by atoms with Gasteiger partial charge in [-0.15, -0.1) is 0 Å². The van der Waals surface area contributed by atoms with E-state index in [0.717, 1.165) is 11.1 Å². The molecule has 0 bridgehead atoms. The van der Waals surface area contributed by atoms with Crippen LogP contribution in [0.25, 0.3) is 0 Å². The lowest BCUT2D eigenvalue weighted by atomic mass is 9.92. The van der Waals surface area contributed by atoms with E-state index in [1.807, 2.05) is 32.0 Å². The summed E-state index contributed by atoms with van der Waals surface area (Å²) in [6, 6.07) is 7.61. The van der Waals surface area contributed by atoms with Crippen LogP contribution in [0.3, 0.4) is 0 Å². The van der Waals surface area contributed by atoms with Crippen LogP contribution in [-0.4, -0.2) is 28.3 Å². The van der Waals surface area contributed by atoms with Gasteiger partial charge in [-0.25, -0.2) is 0 Å². The van der Waals surface area contributed by atoms with Crippen LogP contribution in [0, 0.1) is 6.92 Å². The van der Waals surface area contributed by atoms with Gasteiger partial charge in [0.05, 0.1) is 0 Å². The van der Waals surface area contributed by atoms with Gasteiger partial charge in [0.2, 0.25) is 11.8 Å². The number of carbonyl (C=O) groups is 2. The monoisotopic (exact) mass is 274 g/mol. The van der Waals surface area contributed by atoms with Gasteiger partial charge in [-0.1, -0.05) is 36.8 Å². The van der Waals surface area contributed by atoms with E-state index in [9.17, 15) is 9.59 Å². The Morgan fingerprint density at radius 2 is 2.05 bits per heavy atom. The van der Waals surface area contributed by atoms with Crippen molar-refractivity contribution in [1.82, 2.24) is 10.2 Å². The number of hydrogen-bond donors (Lipinski definition) is 1. The molecule has 108 valence electrons. The number of rotatable bonds is 3. The minimum absolute atomic E-state index is 0.00592. The standard InChI is InChI=1S/C16H22N2O2/c1-5-16(4)15(20)18(12(3)14(19)17-16)10-13-8-6-7-11(2)9-13/h6-9,12H,5,10H2,1-4H3,(H,17,19). The van der Waals surface area contributed by atoms with Crippen LogP contribution in [0.5, 0.6) is 0 Å². The smallest absolute Gasteiger partial charge is 0.248 e. The molecule has 0 spiro atoms. The van der Waals surface area contributed by atoms with Crippen molar-refractivity contribution in [2.75, 3.05) is 0 Å². The van der Waals surface area contributed by atoms with Crippen LogP contribution in [-0.2, 0) is 16.1 Å². The SMILES string of the molecule is CCC1(C)NC(=O)C(C)N(Cc2cccc(C)c2)C1=O. The molecule has 20 heavy (non-hydrogen) atoms. The maximum absolute atomic E-state index is 12.6. The fraction of sp³-hybridized carbons (Fsp3) is 0.500. The van der Waals surface area contributed by atoms with Gasteiger partial charge in [-0.2, -0.15) is 0 Å². The first-order chi connectivity index (χ1) is 9.37. The molecule has 1 aliphatic heterocycles. The van der Waals surface area contributed by atoms with Crippen molar-refractivity contribution in [2.45, 2.75) is 52.2 Å². The summed E-state index contributed by atoms with van der Waals surface area (Å²) in [5.41, 5.74) is 1.42. The molecule has 1 aromatic rings. The lowest BCUT2D eigenvalue weighted by molar-refractivity contribution is -0.154. The van der Waals surface area contributed by atoms with Crippen molar-refractivity contribution in [3.05, 3.63) is 35.4 Å². The minimum atomic E-state index is -0.784. The van der Waals surface area contributed by atoms with E-state index in [-0.39, 0.29) is 11.8 Å². The minimum Gasteiger partial charge on any atom is -0.340 e. The molecule has 2 rings (SSSR count). The molecular weight excluding hydrogens is 252 g/mol. The normalized spacial score (nSPS) is 26.6. The Hall–Kier alpha value is -1.84. The van der Waals surface area contributed by atoms with E-state index < -0.39 is 11.6 Å². The summed E-state index contributed by atoms with van der Waals surface area (Å²) in [6.07, 6.45) is 0.592. The Morgan fingerprint density at radius 1 is 1.35 bits per heavy atom. The largest absolute Gasteiger partial charge is 0.340 e. The molecule has 1 heterocycles. The molecule has 0 aliphatic carbocycles. The summed E-state index contributed by atoms with van der Waals surface area (Å²) in [5, 5.41) is 2.84. The third kappa shape index (κ3) is 2.55. The molecular formula is C16H22N2O2. The van der Waals surface area contributed by atoms with Gasteiger partial charge < -0.3 is 10.2 Å². The molecule has 1 fully saturated rings. The van der Waals surface area contributed by atoms with E-state index >= 15 is 0 Å². The molecule has 1 aromatic carbocycles. The van der Waals surface area contributed by atoms with Gasteiger partial charge in [0.1, 0.15) is 11.6 Å². The maximum atomic E-state index is 12.6. The molecule has 0 aromatic heterocycles. The Morgan fingerprint density at radius 3 is 2.65 bits per heavy atom. The summed E-state index contributed by atoms with van der Waals surface area (Å²) in [6.45, 7) is 7.98. The molecule has 0 radical (unpaired) electrons. The van der Waals surface area contributed by atoms with Gasteiger partial charge in [0, 0.05) is 6.54 Å². The zero-order valence-electron chi connectivity index (χ0n) is 12.6. The van der Waals surface area contributed by atoms with Gasteiger partial charge in [0.15, 0.2) is 0 Å². The summed E-state index contributed by atoms with van der Waals surface area (Å²) in [7, 11) is 0. The molecule has 4 nitrogen and oxygen atoms in total. The number of hydrogen-bond acceptors (Lipinski definition) is 2. The first kappa shape index (κ1) is 14.6. The lowest BCUT2D eigenvalue weighted by Gasteiger charge is -2.43. The van der Waals surface area contributed by atoms with Crippen molar-refractivity contribution in [3.63, 3.8) is 0 Å². The summed E-state index contributed by atoms with van der Waals surface area (Å²) in [4.78, 5) is 26.4. The highest BCUT2D eigenvalue weighted by Crippen LogP contribution is 2.23. The van der Waals surface area contributed by atoms with E-state index in [1.54, 1.807) is 18.7 Å². The molecule has 2 unspecified atom stereocenters. The van der Waals surface area contributed by atoms with Gasteiger partial charge in [0.25, 0.3) is 0 Å². The molecule has 2 atom stereocenters. The van der Waals surface area contributed by atoms with Crippen LogP contribution in [0.1, 0.15) is 38.3 Å². The van der Waals surface area contributed by atoms with E-state index in [1.165, 1.54) is 0 Å². The van der Waals surface area contributed by atoms with E-state index in [2.05, 4.69) is 11.4 Å². The maximum Gasteiger partial charge on any atom is 0.248 e. The van der Waals surface area contributed by atoms with Crippen molar-refractivity contribution >= 4 is 11.8 Å². The zero-order chi connectivity index (χ0) is 14.9. The molecule has 2 amide bonds. The zero-order valence-corrected chi connectivity index (χ0v) is 12.6. The van der Waals surface area contributed by atoms with Crippen LogP contribution in [0.2, 0.25) is 0 Å². The highest BCUT2D eigenvalue weighted by atomic mass is 16.2. The second-order valence-electron chi connectivity index (χ2n) is 5.77. The number of carbonyl (C=O) groups excluding carboxylic acids is 2. The summed E-state index contributed by atoms with van der Waals surface area (Å²) >= 11 is 0. The highest BCUT2D eigenvalue weighted by Gasteiger charge is 2.45. The summed E-state index contributed by atoms with van der Waals surface area (Å²) in [5.74, 6) is -0.0878. The number of nitrogens with one attached hydrogen (secondary N) is 1. The summed E-state index contributed by atoms with van der Waals surface area (Å²) < 4.78 is 0. The van der Waals surface area contributed by atoms with Crippen molar-refractivity contribution in [2.24, 2.45) is 0 Å². The molecule has 4 heteroatoms. The van der Waals surface area contributed by atoms with Gasteiger partial charge in [-0.05, 0) is 32.8 Å². The second-order valence-corrected chi connectivity index (χ2v) is 5.77. The fourth-order valence-corrected chi connectivity index (χ4v) is 2.52. The first-order valence-corrected chi connectivity index (χ1v) is 7.06. The van der Waals surface area contributed by atoms with Crippen molar-refractivity contribution < 1.29 is 9.59 Å². The Balaban J connectivity index is 2.28. The van der Waals surface area contributed by atoms with Crippen LogP contribution < -0.4 is 5.32 Å². The average molecular weight is 274 g/mol. The number of nitrogens with zero attached hydrogens (tertiary/aromatic N) is 1. The first-order valence-electron chi connectivity index (χ1n) is 7.06. The fourth-order valence-electron chi connectivity index (χ4n) is 2.52. The quantitative estimate of drug-likeness (QED) is 0.916. The Kier molecular flexibility index (Phi) is 3.84. The number of aryl methyl sites for hydroxylation is 1. The second kappa shape index (κ2) is 5.27.